The van der Waals surface area contributed by atoms with E-state index in [4.69, 9.17) is 11.6 Å². The van der Waals surface area contributed by atoms with Crippen molar-refractivity contribution in [1.29, 1.82) is 0 Å². The highest BCUT2D eigenvalue weighted by Crippen LogP contribution is 2.34. The molecule has 1 aromatic carbocycles. The molecule has 1 heterocycles. The second-order valence-corrected chi connectivity index (χ2v) is 4.66. The lowest BCUT2D eigenvalue weighted by atomic mass is 10.2. The average molecular weight is 280 g/mol. The Morgan fingerprint density at radius 1 is 1.46 bits per heavy atom. The van der Waals surface area contributed by atoms with Crippen LogP contribution in [0.25, 0.3) is 10.1 Å². The number of thiophene rings is 1. The number of alkyl halides is 1. The van der Waals surface area contributed by atoms with E-state index in [0.717, 1.165) is 20.1 Å². The Morgan fingerprint density at radius 3 is 2.92 bits per heavy atom. The number of halogens is 3. The third-order valence-electron chi connectivity index (χ3n) is 1.81. The molecule has 0 aliphatic rings. The summed E-state index contributed by atoms with van der Waals surface area (Å²) in [6.07, 6.45) is 0. The third-order valence-corrected chi connectivity index (χ3v) is 4.13. The average Bonchev–Trinajstić information content (AvgIpc) is 2.47. The molecule has 4 heteroatoms. The summed E-state index contributed by atoms with van der Waals surface area (Å²) in [5.41, 5.74) is 0.854. The highest BCUT2D eigenvalue weighted by Gasteiger charge is 2.07. The number of hydrogen-bond donors (Lipinski definition) is 0. The van der Waals surface area contributed by atoms with Crippen molar-refractivity contribution in [3.05, 3.63) is 33.4 Å². The van der Waals surface area contributed by atoms with Gasteiger partial charge in [0.25, 0.3) is 0 Å². The Hall–Kier alpha value is -0.120. The Labute approximate surface area is 92.5 Å². The smallest absolute Gasteiger partial charge is 0.124 e. The summed E-state index contributed by atoms with van der Waals surface area (Å²) in [7, 11) is 0. The second kappa shape index (κ2) is 3.56. The topological polar surface area (TPSA) is 0 Å². The normalized spacial score (nSPS) is 11.0. The summed E-state index contributed by atoms with van der Waals surface area (Å²) in [4.78, 5) is 0. The molecular weight excluding hydrogens is 275 g/mol. The van der Waals surface area contributed by atoms with Gasteiger partial charge < -0.3 is 0 Å². The van der Waals surface area contributed by atoms with Crippen molar-refractivity contribution in [1.82, 2.24) is 0 Å². The predicted molar refractivity (Wildman–Crippen MR) is 59.0 cm³/mol. The van der Waals surface area contributed by atoms with Crippen molar-refractivity contribution in [2.45, 2.75) is 5.88 Å². The fourth-order valence-electron chi connectivity index (χ4n) is 1.24. The van der Waals surface area contributed by atoms with Crippen LogP contribution in [-0.2, 0) is 5.88 Å². The summed E-state index contributed by atoms with van der Waals surface area (Å²) in [5, 5.41) is 2.85. The Kier molecular flexibility index (Phi) is 2.58. The molecule has 0 amide bonds. The zero-order chi connectivity index (χ0) is 9.42. The van der Waals surface area contributed by atoms with Crippen molar-refractivity contribution < 1.29 is 4.39 Å². The first kappa shape index (κ1) is 9.44. The molecule has 0 nitrogen and oxygen atoms in total. The molecule has 0 aliphatic heterocycles. The molecule has 1 aromatic heterocycles. The standard InChI is InChI=1S/C9H5BrClFS/c10-8-4-13-9-5(3-11)1-6(12)2-7(8)9/h1-2,4H,3H2. The van der Waals surface area contributed by atoms with Crippen LogP contribution in [0.15, 0.2) is 22.0 Å². The Morgan fingerprint density at radius 2 is 2.23 bits per heavy atom. The molecule has 0 spiro atoms. The molecule has 0 bridgehead atoms. The van der Waals surface area contributed by atoms with Crippen LogP contribution in [0, 0.1) is 5.82 Å². The van der Waals surface area contributed by atoms with Gasteiger partial charge in [0.15, 0.2) is 0 Å². The van der Waals surface area contributed by atoms with Crippen LogP contribution in [-0.4, -0.2) is 0 Å². The maximum atomic E-state index is 13.1. The molecule has 2 rings (SSSR count). The minimum Gasteiger partial charge on any atom is -0.207 e. The molecule has 0 fully saturated rings. The van der Waals surface area contributed by atoms with Crippen molar-refractivity contribution in [3.63, 3.8) is 0 Å². The van der Waals surface area contributed by atoms with Crippen molar-refractivity contribution in [2.75, 3.05) is 0 Å². The molecule has 0 saturated carbocycles. The van der Waals surface area contributed by atoms with Gasteiger partial charge in [-0.05, 0) is 33.6 Å². The van der Waals surface area contributed by atoms with Crippen molar-refractivity contribution >= 4 is 49.0 Å². The first-order valence-electron chi connectivity index (χ1n) is 3.63. The lowest BCUT2D eigenvalue weighted by molar-refractivity contribution is 0.628. The first-order valence-corrected chi connectivity index (χ1v) is 5.84. The lowest BCUT2D eigenvalue weighted by Gasteiger charge is -1.98. The maximum Gasteiger partial charge on any atom is 0.124 e. The number of hydrogen-bond acceptors (Lipinski definition) is 1. The first-order chi connectivity index (χ1) is 6.22. The lowest BCUT2D eigenvalue weighted by Crippen LogP contribution is -1.81. The molecule has 68 valence electrons. The van der Waals surface area contributed by atoms with Gasteiger partial charge in [0.2, 0.25) is 0 Å². The van der Waals surface area contributed by atoms with E-state index < -0.39 is 0 Å². The monoisotopic (exact) mass is 278 g/mol. The van der Waals surface area contributed by atoms with Gasteiger partial charge in [-0.15, -0.1) is 22.9 Å². The largest absolute Gasteiger partial charge is 0.207 e. The summed E-state index contributed by atoms with van der Waals surface area (Å²) in [6, 6.07) is 3.00. The van der Waals surface area contributed by atoms with Crippen molar-refractivity contribution in [3.8, 4) is 0 Å². The quantitative estimate of drug-likeness (QED) is 0.672. The van der Waals surface area contributed by atoms with E-state index >= 15 is 0 Å². The minimum absolute atomic E-state index is 0.234. The number of fused-ring (bicyclic) bond motifs is 1. The fraction of sp³-hybridized carbons (Fsp3) is 0.111. The molecule has 0 unspecified atom stereocenters. The van der Waals surface area contributed by atoms with Gasteiger partial charge in [-0.3, -0.25) is 0 Å². The number of rotatable bonds is 1. The van der Waals surface area contributed by atoms with E-state index in [9.17, 15) is 4.39 Å². The van der Waals surface area contributed by atoms with Gasteiger partial charge in [0, 0.05) is 25.8 Å². The van der Waals surface area contributed by atoms with Crippen LogP contribution >= 0.6 is 38.9 Å². The molecule has 0 saturated heterocycles. The zero-order valence-electron chi connectivity index (χ0n) is 6.48. The van der Waals surface area contributed by atoms with E-state index in [2.05, 4.69) is 15.9 Å². The third kappa shape index (κ3) is 1.60. The van der Waals surface area contributed by atoms with E-state index in [1.165, 1.54) is 12.1 Å². The van der Waals surface area contributed by atoms with Crippen LogP contribution in [0.5, 0.6) is 0 Å². The van der Waals surface area contributed by atoms with Crippen LogP contribution in [0.3, 0.4) is 0 Å². The Balaban J connectivity index is 2.84. The van der Waals surface area contributed by atoms with Crippen LogP contribution in [0.2, 0.25) is 0 Å². The molecule has 0 N–H and O–H groups in total. The van der Waals surface area contributed by atoms with Gasteiger partial charge >= 0.3 is 0 Å². The SMILES string of the molecule is Fc1cc(CCl)c2scc(Br)c2c1. The number of benzene rings is 1. The van der Waals surface area contributed by atoms with Crippen molar-refractivity contribution in [2.24, 2.45) is 0 Å². The fourth-order valence-corrected chi connectivity index (χ4v) is 3.18. The molecule has 13 heavy (non-hydrogen) atoms. The summed E-state index contributed by atoms with van der Waals surface area (Å²) in [5.74, 6) is 0.114. The second-order valence-electron chi connectivity index (χ2n) is 2.66. The summed E-state index contributed by atoms with van der Waals surface area (Å²) < 4.78 is 15.1. The van der Waals surface area contributed by atoms with E-state index in [0.29, 0.717) is 5.88 Å². The molecule has 0 aliphatic carbocycles. The molecule has 0 radical (unpaired) electrons. The van der Waals surface area contributed by atoms with Gasteiger partial charge in [-0.25, -0.2) is 4.39 Å². The van der Waals surface area contributed by atoms with Gasteiger partial charge in [-0.1, -0.05) is 0 Å². The van der Waals surface area contributed by atoms with Gasteiger partial charge in [0.1, 0.15) is 5.82 Å². The van der Waals surface area contributed by atoms with Crippen LogP contribution in [0.1, 0.15) is 5.56 Å². The van der Waals surface area contributed by atoms with Crippen LogP contribution < -0.4 is 0 Å². The predicted octanol–water partition coefficient (Wildman–Crippen LogP) is 4.54. The maximum absolute atomic E-state index is 13.1. The molecule has 2 aromatic rings. The van der Waals surface area contributed by atoms with Crippen LogP contribution in [0.4, 0.5) is 4.39 Å². The summed E-state index contributed by atoms with van der Waals surface area (Å²) in [6.45, 7) is 0. The molecule has 0 atom stereocenters. The highest BCUT2D eigenvalue weighted by atomic mass is 79.9. The van der Waals surface area contributed by atoms with E-state index in [1.54, 1.807) is 11.3 Å². The zero-order valence-corrected chi connectivity index (χ0v) is 9.64. The Bertz CT molecular complexity index is 452. The van der Waals surface area contributed by atoms with Gasteiger partial charge in [-0.2, -0.15) is 0 Å². The van der Waals surface area contributed by atoms with E-state index in [1.807, 2.05) is 5.38 Å². The molecular formula is C9H5BrClFS. The van der Waals surface area contributed by atoms with E-state index in [-0.39, 0.29) is 5.82 Å². The summed E-state index contributed by atoms with van der Waals surface area (Å²) >= 11 is 10.7. The van der Waals surface area contributed by atoms with Gasteiger partial charge in [0.05, 0.1) is 0 Å². The minimum atomic E-state index is -0.234. The highest BCUT2D eigenvalue weighted by molar-refractivity contribution is 9.10.